The Bertz CT molecular complexity index is 1180. The van der Waals surface area contributed by atoms with Gasteiger partial charge in [-0.3, -0.25) is 9.69 Å². The van der Waals surface area contributed by atoms with Gasteiger partial charge in [0, 0.05) is 69.2 Å². The predicted octanol–water partition coefficient (Wildman–Crippen LogP) is 2.16. The lowest BCUT2D eigenvalue weighted by Gasteiger charge is -2.37. The number of hydrogen-bond donors (Lipinski definition) is 2. The van der Waals surface area contributed by atoms with Crippen LogP contribution in [0.4, 0.5) is 11.4 Å². The standard InChI is InChI=1S/C24H31N7O2/c1-16(25)15-29-7-9-30(10-8-29)20-12-21-17(13-24(2,3)33-21)11-19(20)28-23(32)18-14-27-31-6-4-5-26-22(18)31/h4-6,11-12,14,16H,7-10,13,15,25H2,1-3H3,(H,28,32)/t16-/m0/s1. The molecule has 174 valence electrons. The summed E-state index contributed by atoms with van der Waals surface area (Å²) < 4.78 is 7.80. The molecule has 9 nitrogen and oxygen atoms in total. The first kappa shape index (κ1) is 21.7. The molecule has 0 unspecified atom stereocenters. The molecule has 0 saturated carbocycles. The summed E-state index contributed by atoms with van der Waals surface area (Å²) in [5.74, 6) is 0.669. The minimum absolute atomic E-state index is 0.154. The molecular weight excluding hydrogens is 418 g/mol. The van der Waals surface area contributed by atoms with Gasteiger partial charge in [-0.1, -0.05) is 0 Å². The number of carbonyl (C=O) groups is 1. The molecule has 4 heterocycles. The van der Waals surface area contributed by atoms with Crippen molar-refractivity contribution in [1.29, 1.82) is 0 Å². The molecule has 0 aliphatic carbocycles. The van der Waals surface area contributed by atoms with Crippen LogP contribution in [0.5, 0.6) is 5.75 Å². The molecule has 3 aromatic rings. The fourth-order valence-corrected chi connectivity index (χ4v) is 4.76. The van der Waals surface area contributed by atoms with Gasteiger partial charge < -0.3 is 20.7 Å². The van der Waals surface area contributed by atoms with E-state index in [4.69, 9.17) is 10.5 Å². The summed E-state index contributed by atoms with van der Waals surface area (Å²) in [5.41, 5.74) is 9.58. The first-order chi connectivity index (χ1) is 15.8. The van der Waals surface area contributed by atoms with Gasteiger partial charge in [0.1, 0.15) is 16.9 Å². The Hall–Kier alpha value is -3.17. The zero-order valence-corrected chi connectivity index (χ0v) is 19.4. The first-order valence-corrected chi connectivity index (χ1v) is 11.5. The molecule has 2 aliphatic heterocycles. The van der Waals surface area contributed by atoms with Crippen LogP contribution in [0.1, 0.15) is 36.7 Å². The summed E-state index contributed by atoms with van der Waals surface area (Å²) in [6.07, 6.45) is 5.80. The summed E-state index contributed by atoms with van der Waals surface area (Å²) in [4.78, 5) is 22.3. The Morgan fingerprint density at radius 3 is 2.82 bits per heavy atom. The van der Waals surface area contributed by atoms with Gasteiger partial charge in [0.25, 0.3) is 5.91 Å². The number of piperazine rings is 1. The molecule has 1 atom stereocenters. The number of nitrogens with one attached hydrogen (secondary N) is 1. The van der Waals surface area contributed by atoms with Crippen molar-refractivity contribution in [2.75, 3.05) is 42.9 Å². The lowest BCUT2D eigenvalue weighted by atomic mass is 10.0. The van der Waals surface area contributed by atoms with E-state index in [9.17, 15) is 4.79 Å². The topological polar surface area (TPSA) is 101 Å². The van der Waals surface area contributed by atoms with E-state index in [1.54, 1.807) is 29.2 Å². The number of nitrogens with two attached hydrogens (primary N) is 1. The van der Waals surface area contributed by atoms with Gasteiger partial charge >= 0.3 is 0 Å². The Morgan fingerprint density at radius 2 is 2.06 bits per heavy atom. The van der Waals surface area contributed by atoms with Crippen molar-refractivity contribution in [2.45, 2.75) is 38.8 Å². The highest BCUT2D eigenvalue weighted by Crippen LogP contribution is 2.42. The molecule has 0 spiro atoms. The van der Waals surface area contributed by atoms with E-state index in [0.29, 0.717) is 11.2 Å². The monoisotopic (exact) mass is 449 g/mol. The van der Waals surface area contributed by atoms with E-state index in [1.165, 1.54) is 0 Å². The Morgan fingerprint density at radius 1 is 1.27 bits per heavy atom. The summed E-state index contributed by atoms with van der Waals surface area (Å²) >= 11 is 0. The van der Waals surface area contributed by atoms with Crippen LogP contribution < -0.4 is 20.7 Å². The van der Waals surface area contributed by atoms with Gasteiger partial charge in [-0.25, -0.2) is 9.50 Å². The number of hydrogen-bond acceptors (Lipinski definition) is 7. The van der Waals surface area contributed by atoms with Gasteiger partial charge in [0.05, 0.1) is 17.6 Å². The van der Waals surface area contributed by atoms with Gasteiger partial charge in [0.15, 0.2) is 5.65 Å². The highest BCUT2D eigenvalue weighted by Gasteiger charge is 2.32. The normalized spacial score (nSPS) is 18.7. The quantitative estimate of drug-likeness (QED) is 0.616. The highest BCUT2D eigenvalue weighted by atomic mass is 16.5. The average Bonchev–Trinajstić information content (AvgIpc) is 3.32. The number of rotatable bonds is 5. The minimum atomic E-state index is -0.259. The molecular formula is C24H31N7O2. The van der Waals surface area contributed by atoms with E-state index in [0.717, 1.165) is 61.8 Å². The van der Waals surface area contributed by atoms with Crippen molar-refractivity contribution < 1.29 is 9.53 Å². The lowest BCUT2D eigenvalue weighted by molar-refractivity contribution is 0.102. The van der Waals surface area contributed by atoms with Crippen molar-refractivity contribution in [3.05, 3.63) is 47.9 Å². The third-order valence-electron chi connectivity index (χ3n) is 6.21. The number of nitrogens with zero attached hydrogens (tertiary/aromatic N) is 5. The van der Waals surface area contributed by atoms with Gasteiger partial charge in [-0.2, -0.15) is 5.10 Å². The van der Waals surface area contributed by atoms with Crippen molar-refractivity contribution in [1.82, 2.24) is 19.5 Å². The third kappa shape index (κ3) is 4.38. The maximum absolute atomic E-state index is 13.2. The van der Waals surface area contributed by atoms with Crippen molar-refractivity contribution in [3.63, 3.8) is 0 Å². The first-order valence-electron chi connectivity index (χ1n) is 11.5. The van der Waals surface area contributed by atoms with Crippen LogP contribution in [0.2, 0.25) is 0 Å². The lowest BCUT2D eigenvalue weighted by Crippen LogP contribution is -2.49. The molecule has 1 aromatic carbocycles. The maximum Gasteiger partial charge on any atom is 0.261 e. The zero-order chi connectivity index (χ0) is 23.2. The van der Waals surface area contributed by atoms with E-state index in [-0.39, 0.29) is 17.6 Å². The largest absolute Gasteiger partial charge is 0.487 e. The Kier molecular flexibility index (Phi) is 5.46. The SMILES string of the molecule is C[C@H](N)CN1CCN(c2cc3c(cc2NC(=O)c2cnn4cccnc24)CC(C)(C)O3)CC1. The van der Waals surface area contributed by atoms with E-state index in [2.05, 4.69) is 51.2 Å². The number of anilines is 2. The highest BCUT2D eigenvalue weighted by molar-refractivity contribution is 6.09. The molecule has 1 saturated heterocycles. The molecule has 1 amide bonds. The van der Waals surface area contributed by atoms with Crippen molar-refractivity contribution in [2.24, 2.45) is 5.73 Å². The maximum atomic E-state index is 13.2. The predicted molar refractivity (Wildman–Crippen MR) is 128 cm³/mol. The average molecular weight is 450 g/mol. The van der Waals surface area contributed by atoms with Crippen LogP contribution in [0, 0.1) is 0 Å². The van der Waals surface area contributed by atoms with Gasteiger partial charge in [0.2, 0.25) is 0 Å². The molecule has 0 radical (unpaired) electrons. The molecule has 5 rings (SSSR count). The minimum Gasteiger partial charge on any atom is -0.487 e. The smallest absolute Gasteiger partial charge is 0.261 e. The molecule has 33 heavy (non-hydrogen) atoms. The van der Waals surface area contributed by atoms with E-state index >= 15 is 0 Å². The zero-order valence-electron chi connectivity index (χ0n) is 19.4. The van der Waals surface area contributed by atoms with Gasteiger partial charge in [-0.05, 0) is 32.9 Å². The number of benzene rings is 1. The summed E-state index contributed by atoms with van der Waals surface area (Å²) in [7, 11) is 0. The third-order valence-corrected chi connectivity index (χ3v) is 6.21. The fraction of sp³-hybridized carbons (Fsp3) is 0.458. The summed E-state index contributed by atoms with van der Waals surface area (Å²) in [6, 6.07) is 6.08. The van der Waals surface area contributed by atoms with Crippen LogP contribution in [0.3, 0.4) is 0 Å². The van der Waals surface area contributed by atoms with Crippen molar-refractivity contribution >= 4 is 22.9 Å². The molecule has 1 fully saturated rings. The summed E-state index contributed by atoms with van der Waals surface area (Å²) in [5, 5.41) is 7.39. The van der Waals surface area contributed by atoms with Gasteiger partial charge in [-0.15, -0.1) is 0 Å². The van der Waals surface area contributed by atoms with Crippen molar-refractivity contribution in [3.8, 4) is 5.75 Å². The second-order valence-electron chi connectivity index (χ2n) is 9.68. The number of aromatic nitrogens is 3. The molecule has 9 heteroatoms. The molecule has 2 aliphatic rings. The Labute approximate surface area is 193 Å². The number of ether oxygens (including phenoxy) is 1. The van der Waals surface area contributed by atoms with Crippen LogP contribution in [0.25, 0.3) is 5.65 Å². The molecule has 2 aromatic heterocycles. The van der Waals surface area contributed by atoms with Crippen LogP contribution in [-0.4, -0.2) is 69.8 Å². The second-order valence-corrected chi connectivity index (χ2v) is 9.68. The summed E-state index contributed by atoms with van der Waals surface area (Å²) in [6.45, 7) is 10.7. The van der Waals surface area contributed by atoms with E-state index < -0.39 is 0 Å². The molecule has 0 bridgehead atoms. The van der Waals surface area contributed by atoms with E-state index in [1.807, 2.05) is 6.92 Å². The molecule has 3 N–H and O–H groups in total. The van der Waals surface area contributed by atoms with Crippen LogP contribution in [0.15, 0.2) is 36.8 Å². The van der Waals surface area contributed by atoms with Crippen LogP contribution in [-0.2, 0) is 6.42 Å². The number of fused-ring (bicyclic) bond motifs is 2. The van der Waals surface area contributed by atoms with Crippen LogP contribution >= 0.6 is 0 Å². The second kappa shape index (κ2) is 8.31. The fourth-order valence-electron chi connectivity index (χ4n) is 4.76. The number of carbonyl (C=O) groups excluding carboxylic acids is 1. The Balaban J connectivity index is 1.44. The number of amides is 1.